The zero-order chi connectivity index (χ0) is 16.2. The maximum absolute atomic E-state index is 11.2. The molecule has 6 heteroatoms. The fourth-order valence-electron chi connectivity index (χ4n) is 2.28. The molecule has 1 aromatic heterocycles. The maximum atomic E-state index is 11.2. The van der Waals surface area contributed by atoms with Crippen LogP contribution in [-0.4, -0.2) is 38.6 Å². The van der Waals surface area contributed by atoms with E-state index in [1.54, 1.807) is 28.9 Å². The Morgan fingerprint density at radius 2 is 1.96 bits per heavy atom. The second-order valence-corrected chi connectivity index (χ2v) is 5.31. The Morgan fingerprint density at radius 1 is 1.22 bits per heavy atom. The van der Waals surface area contributed by atoms with E-state index in [1.807, 2.05) is 24.3 Å². The third-order valence-electron chi connectivity index (χ3n) is 3.51. The first-order chi connectivity index (χ1) is 11.1. The molecule has 0 aliphatic rings. The molecule has 0 radical (unpaired) electrons. The lowest BCUT2D eigenvalue weighted by molar-refractivity contribution is 0.0898. The molecule has 6 nitrogen and oxygen atoms in total. The molecule has 1 heterocycles. The average Bonchev–Trinajstić information content (AvgIpc) is 2.96. The maximum Gasteiger partial charge on any atom is 0.159 e. The summed E-state index contributed by atoms with van der Waals surface area (Å²) in [4.78, 5) is 11.2. The molecule has 3 rings (SSSR count). The second kappa shape index (κ2) is 6.58. The van der Waals surface area contributed by atoms with Gasteiger partial charge in [0.05, 0.1) is 12.1 Å². The molecule has 1 N–H and O–H groups in total. The topological polar surface area (TPSA) is 77.2 Å². The average molecular weight is 311 g/mol. The fraction of sp³-hybridized carbons (Fsp3) is 0.235. The van der Waals surface area contributed by atoms with Gasteiger partial charge in [0, 0.05) is 5.56 Å². The van der Waals surface area contributed by atoms with Crippen LogP contribution in [0.4, 0.5) is 0 Å². The van der Waals surface area contributed by atoms with Gasteiger partial charge in [-0.2, -0.15) is 0 Å². The van der Waals surface area contributed by atoms with Crippen LogP contribution in [0.1, 0.15) is 17.3 Å². The predicted molar refractivity (Wildman–Crippen MR) is 85.5 cm³/mol. The zero-order valence-corrected chi connectivity index (χ0v) is 12.7. The number of Topliss-reactive ketones (excluding diaryl/α,β-unsaturated/α-hetero) is 1. The van der Waals surface area contributed by atoms with Crippen LogP contribution in [0.15, 0.2) is 48.5 Å². The summed E-state index contributed by atoms with van der Waals surface area (Å²) in [6, 6.07) is 14.4. The molecule has 0 bridgehead atoms. The third kappa shape index (κ3) is 3.54. The summed E-state index contributed by atoms with van der Waals surface area (Å²) in [5, 5.41) is 18.2. The summed E-state index contributed by atoms with van der Waals surface area (Å²) >= 11 is 0. The molecule has 23 heavy (non-hydrogen) atoms. The molecule has 0 fully saturated rings. The third-order valence-corrected chi connectivity index (χ3v) is 3.51. The monoisotopic (exact) mass is 311 g/mol. The molecular formula is C17H17N3O3. The van der Waals surface area contributed by atoms with E-state index in [9.17, 15) is 9.90 Å². The number of ether oxygens (including phenoxy) is 1. The van der Waals surface area contributed by atoms with Gasteiger partial charge in [-0.05, 0) is 43.3 Å². The standard InChI is InChI=1S/C17H17N3O3/c1-12(21)13-6-8-15(9-7-13)23-11-14(22)10-20-17-5-3-2-4-16(17)18-19-20/h2-9,14,22H,10-11H2,1H3/t14-/m1/s1. The van der Waals surface area contributed by atoms with Crippen molar-refractivity contribution in [1.29, 1.82) is 0 Å². The number of aliphatic hydroxyl groups is 1. The van der Waals surface area contributed by atoms with Crippen LogP contribution in [0, 0.1) is 0 Å². The van der Waals surface area contributed by atoms with Crippen LogP contribution in [-0.2, 0) is 6.54 Å². The van der Waals surface area contributed by atoms with E-state index in [2.05, 4.69) is 10.3 Å². The van der Waals surface area contributed by atoms with Crippen LogP contribution >= 0.6 is 0 Å². The minimum absolute atomic E-state index is 0.00893. The molecule has 118 valence electrons. The van der Waals surface area contributed by atoms with Gasteiger partial charge in [0.1, 0.15) is 24.0 Å². The highest BCUT2D eigenvalue weighted by molar-refractivity contribution is 5.94. The summed E-state index contributed by atoms with van der Waals surface area (Å²) < 4.78 is 7.20. The molecule has 0 unspecified atom stereocenters. The van der Waals surface area contributed by atoms with E-state index in [4.69, 9.17) is 4.74 Å². The molecule has 0 saturated heterocycles. The summed E-state index contributed by atoms with van der Waals surface area (Å²) in [7, 11) is 0. The summed E-state index contributed by atoms with van der Waals surface area (Å²) in [5.41, 5.74) is 2.30. The second-order valence-electron chi connectivity index (χ2n) is 5.31. The van der Waals surface area contributed by atoms with E-state index >= 15 is 0 Å². The van der Waals surface area contributed by atoms with Gasteiger partial charge in [-0.25, -0.2) is 4.68 Å². The summed E-state index contributed by atoms with van der Waals surface area (Å²) in [5.74, 6) is 0.618. The number of aromatic nitrogens is 3. The number of fused-ring (bicyclic) bond motifs is 1. The van der Waals surface area contributed by atoms with E-state index < -0.39 is 6.10 Å². The first kappa shape index (κ1) is 15.2. The highest BCUT2D eigenvalue weighted by Crippen LogP contribution is 2.14. The van der Waals surface area contributed by atoms with Gasteiger partial charge in [0.25, 0.3) is 0 Å². The SMILES string of the molecule is CC(=O)c1ccc(OC[C@H](O)Cn2nnc3ccccc32)cc1. The van der Waals surface area contributed by atoms with Crippen molar-refractivity contribution in [2.75, 3.05) is 6.61 Å². The Labute approximate surface area is 133 Å². The smallest absolute Gasteiger partial charge is 0.159 e. The molecule has 2 aromatic carbocycles. The molecule has 3 aromatic rings. The van der Waals surface area contributed by atoms with Gasteiger partial charge in [0.15, 0.2) is 5.78 Å². The Kier molecular flexibility index (Phi) is 4.34. The molecule has 0 saturated carbocycles. The van der Waals surface area contributed by atoms with E-state index in [1.165, 1.54) is 6.92 Å². The number of hydrogen-bond donors (Lipinski definition) is 1. The Bertz CT molecular complexity index is 811. The molecule has 0 spiro atoms. The molecule has 0 aliphatic heterocycles. The van der Waals surface area contributed by atoms with E-state index in [-0.39, 0.29) is 12.4 Å². The molecule has 0 aliphatic carbocycles. The Morgan fingerprint density at radius 3 is 2.70 bits per heavy atom. The molecule has 1 atom stereocenters. The van der Waals surface area contributed by atoms with Gasteiger partial charge >= 0.3 is 0 Å². The van der Waals surface area contributed by atoms with Crippen LogP contribution < -0.4 is 4.74 Å². The first-order valence-electron chi connectivity index (χ1n) is 7.33. The van der Waals surface area contributed by atoms with Crippen LogP contribution in [0.5, 0.6) is 5.75 Å². The highest BCUT2D eigenvalue weighted by Gasteiger charge is 2.10. The lowest BCUT2D eigenvalue weighted by atomic mass is 10.1. The minimum Gasteiger partial charge on any atom is -0.491 e. The van der Waals surface area contributed by atoms with Crippen molar-refractivity contribution in [2.24, 2.45) is 0 Å². The summed E-state index contributed by atoms with van der Waals surface area (Å²) in [6.07, 6.45) is -0.715. The van der Waals surface area contributed by atoms with Gasteiger partial charge < -0.3 is 9.84 Å². The lowest BCUT2D eigenvalue weighted by Gasteiger charge is -2.12. The van der Waals surface area contributed by atoms with Crippen molar-refractivity contribution in [1.82, 2.24) is 15.0 Å². The van der Waals surface area contributed by atoms with Gasteiger partial charge in [-0.3, -0.25) is 4.79 Å². The number of nitrogens with zero attached hydrogens (tertiary/aromatic N) is 3. The van der Waals surface area contributed by atoms with Crippen molar-refractivity contribution < 1.29 is 14.6 Å². The van der Waals surface area contributed by atoms with E-state index in [0.717, 1.165) is 11.0 Å². The summed E-state index contributed by atoms with van der Waals surface area (Å²) in [6.45, 7) is 1.95. The van der Waals surface area contributed by atoms with Crippen molar-refractivity contribution in [3.05, 3.63) is 54.1 Å². The molecule has 0 amide bonds. The number of ketones is 1. The van der Waals surface area contributed by atoms with Crippen molar-refractivity contribution in [3.8, 4) is 5.75 Å². The van der Waals surface area contributed by atoms with E-state index in [0.29, 0.717) is 17.9 Å². The number of hydrogen-bond acceptors (Lipinski definition) is 5. The number of carbonyl (C=O) groups is 1. The number of aliphatic hydroxyl groups excluding tert-OH is 1. The molecular weight excluding hydrogens is 294 g/mol. The van der Waals surface area contributed by atoms with Gasteiger partial charge in [0.2, 0.25) is 0 Å². The Balaban J connectivity index is 1.59. The van der Waals surface area contributed by atoms with Crippen molar-refractivity contribution in [3.63, 3.8) is 0 Å². The number of carbonyl (C=O) groups excluding carboxylic acids is 1. The van der Waals surface area contributed by atoms with Crippen LogP contribution in [0.3, 0.4) is 0 Å². The fourth-order valence-corrected chi connectivity index (χ4v) is 2.28. The quantitative estimate of drug-likeness (QED) is 0.705. The normalized spacial score (nSPS) is 12.3. The van der Waals surface area contributed by atoms with Crippen LogP contribution in [0.25, 0.3) is 11.0 Å². The zero-order valence-electron chi connectivity index (χ0n) is 12.7. The Hall–Kier alpha value is -2.73. The van der Waals surface area contributed by atoms with Gasteiger partial charge in [-0.1, -0.05) is 17.3 Å². The number of benzene rings is 2. The first-order valence-corrected chi connectivity index (χ1v) is 7.33. The lowest BCUT2D eigenvalue weighted by Crippen LogP contribution is -2.24. The van der Waals surface area contributed by atoms with Crippen molar-refractivity contribution >= 4 is 16.8 Å². The number of para-hydroxylation sites is 1. The number of rotatable bonds is 6. The minimum atomic E-state index is -0.715. The largest absolute Gasteiger partial charge is 0.491 e. The highest BCUT2D eigenvalue weighted by atomic mass is 16.5. The predicted octanol–water partition coefficient (Wildman–Crippen LogP) is 2.07. The van der Waals surface area contributed by atoms with Crippen LogP contribution in [0.2, 0.25) is 0 Å². The van der Waals surface area contributed by atoms with Crippen molar-refractivity contribution in [2.45, 2.75) is 19.6 Å². The van der Waals surface area contributed by atoms with Gasteiger partial charge in [-0.15, -0.1) is 5.10 Å².